The number of benzene rings is 1. The van der Waals surface area contributed by atoms with E-state index in [2.05, 4.69) is 10.1 Å². The van der Waals surface area contributed by atoms with Crippen molar-refractivity contribution in [3.05, 3.63) is 18.2 Å². The highest BCUT2D eigenvalue weighted by molar-refractivity contribution is 5.98. The first kappa shape index (κ1) is 21.4. The molecule has 1 heterocycles. The molecular formula is C19H26F2N4O4. The van der Waals surface area contributed by atoms with E-state index in [4.69, 9.17) is 10.5 Å². The predicted molar refractivity (Wildman–Crippen MR) is 103 cm³/mol. The number of rotatable bonds is 9. The number of hydrogen-bond donors (Lipinski definition) is 2. The summed E-state index contributed by atoms with van der Waals surface area (Å²) < 4.78 is 35.5. The van der Waals surface area contributed by atoms with Gasteiger partial charge in [-0.25, -0.2) is 0 Å². The molecule has 0 bridgehead atoms. The third-order valence-corrected chi connectivity index (χ3v) is 5.03. The van der Waals surface area contributed by atoms with Gasteiger partial charge in [0.1, 0.15) is 12.6 Å². The number of halogens is 2. The number of morpholine rings is 1. The molecule has 160 valence electrons. The summed E-state index contributed by atoms with van der Waals surface area (Å²) in [6, 6.07) is 4.17. The first-order valence-corrected chi connectivity index (χ1v) is 9.68. The van der Waals surface area contributed by atoms with Gasteiger partial charge in [-0.15, -0.1) is 0 Å². The molecule has 1 saturated carbocycles. The van der Waals surface area contributed by atoms with E-state index in [-0.39, 0.29) is 42.9 Å². The zero-order chi connectivity index (χ0) is 21.0. The van der Waals surface area contributed by atoms with Gasteiger partial charge in [-0.3, -0.25) is 14.5 Å². The number of nitrogens with zero attached hydrogens (tertiary/aromatic N) is 2. The van der Waals surface area contributed by atoms with Crippen molar-refractivity contribution in [3.8, 4) is 5.75 Å². The van der Waals surface area contributed by atoms with Gasteiger partial charge in [-0.2, -0.15) is 8.78 Å². The van der Waals surface area contributed by atoms with Gasteiger partial charge in [0.2, 0.25) is 5.91 Å². The first-order chi connectivity index (χ1) is 13.9. The Morgan fingerprint density at radius 2 is 2.21 bits per heavy atom. The summed E-state index contributed by atoms with van der Waals surface area (Å²) in [5.41, 5.74) is 6.32. The van der Waals surface area contributed by atoms with Gasteiger partial charge in [0.15, 0.2) is 5.75 Å². The van der Waals surface area contributed by atoms with Crippen LogP contribution in [-0.2, 0) is 14.3 Å². The van der Waals surface area contributed by atoms with E-state index < -0.39 is 12.7 Å². The summed E-state index contributed by atoms with van der Waals surface area (Å²) in [6.45, 7) is 0.138. The van der Waals surface area contributed by atoms with Crippen LogP contribution >= 0.6 is 0 Å². The fourth-order valence-corrected chi connectivity index (χ4v) is 3.54. The summed E-state index contributed by atoms with van der Waals surface area (Å²) in [7, 11) is 0. The van der Waals surface area contributed by atoms with Crippen molar-refractivity contribution in [3.63, 3.8) is 0 Å². The van der Waals surface area contributed by atoms with Crippen molar-refractivity contribution < 1.29 is 27.8 Å². The molecule has 29 heavy (non-hydrogen) atoms. The molecule has 8 nitrogen and oxygen atoms in total. The number of ether oxygens (including phenoxy) is 2. The van der Waals surface area contributed by atoms with Crippen LogP contribution in [0.1, 0.15) is 19.8 Å². The maximum atomic E-state index is 12.9. The van der Waals surface area contributed by atoms with E-state index in [0.29, 0.717) is 24.9 Å². The van der Waals surface area contributed by atoms with Crippen LogP contribution in [0, 0.1) is 0 Å². The summed E-state index contributed by atoms with van der Waals surface area (Å²) >= 11 is 0. The number of nitrogens with one attached hydrogen (secondary N) is 1. The molecule has 1 aliphatic carbocycles. The van der Waals surface area contributed by atoms with Gasteiger partial charge in [0.25, 0.3) is 5.91 Å². The number of likely N-dealkylation sites (N-methyl/N-ethyl adjacent to an activating group) is 1. The van der Waals surface area contributed by atoms with Crippen molar-refractivity contribution in [1.82, 2.24) is 4.90 Å². The Kier molecular flexibility index (Phi) is 6.99. The number of amides is 2. The lowest BCUT2D eigenvalue weighted by molar-refractivity contribution is -0.126. The molecule has 1 saturated heterocycles. The maximum absolute atomic E-state index is 12.9. The standard InChI is InChI=1S/C19H26F2N4O4/c1-2-24(13-4-5-13)15(10-22)18(27)23-12-3-6-14(16(9-12)29-19(20)21)25-7-8-28-11-17(25)26/h3,6,9,13,15,19H,2,4-5,7-8,10-11,22H2,1H3,(H,23,27)/t15-/m0/s1. The van der Waals surface area contributed by atoms with Crippen LogP contribution in [0.2, 0.25) is 0 Å². The average Bonchev–Trinajstić information content (AvgIpc) is 3.51. The van der Waals surface area contributed by atoms with Crippen LogP contribution in [0.5, 0.6) is 5.75 Å². The van der Waals surface area contributed by atoms with Crippen molar-refractivity contribution in [1.29, 1.82) is 0 Å². The zero-order valence-corrected chi connectivity index (χ0v) is 16.3. The first-order valence-electron chi connectivity index (χ1n) is 9.68. The van der Waals surface area contributed by atoms with E-state index in [9.17, 15) is 18.4 Å². The molecule has 0 unspecified atom stereocenters. The highest BCUT2D eigenvalue weighted by atomic mass is 19.3. The van der Waals surface area contributed by atoms with E-state index in [1.54, 1.807) is 6.07 Å². The van der Waals surface area contributed by atoms with Crippen LogP contribution < -0.4 is 20.7 Å². The van der Waals surface area contributed by atoms with E-state index in [1.807, 2.05) is 11.8 Å². The molecule has 0 spiro atoms. The van der Waals surface area contributed by atoms with Gasteiger partial charge in [0.05, 0.1) is 12.3 Å². The second-order valence-electron chi connectivity index (χ2n) is 6.96. The van der Waals surface area contributed by atoms with E-state index >= 15 is 0 Å². The number of carbonyl (C=O) groups is 2. The Bertz CT molecular complexity index is 745. The topological polar surface area (TPSA) is 97.1 Å². The number of alkyl halides is 2. The largest absolute Gasteiger partial charge is 0.433 e. The van der Waals surface area contributed by atoms with Crippen LogP contribution in [-0.4, -0.2) is 68.3 Å². The molecule has 1 atom stereocenters. The molecule has 2 amide bonds. The minimum absolute atomic E-state index is 0.126. The Balaban J connectivity index is 1.80. The molecule has 1 aromatic carbocycles. The van der Waals surface area contributed by atoms with Crippen LogP contribution in [0.25, 0.3) is 0 Å². The molecule has 1 aromatic rings. The summed E-state index contributed by atoms with van der Waals surface area (Å²) in [5.74, 6) is -0.843. The SMILES string of the molecule is CCN(C1CC1)[C@@H](CN)C(=O)Nc1ccc(N2CCOCC2=O)c(OC(F)F)c1. The number of anilines is 2. The third kappa shape index (κ3) is 5.20. The minimum Gasteiger partial charge on any atom is -0.433 e. The lowest BCUT2D eigenvalue weighted by Gasteiger charge is -2.30. The van der Waals surface area contributed by atoms with Crippen molar-refractivity contribution in [2.75, 3.05) is 43.1 Å². The number of carbonyl (C=O) groups excluding carboxylic acids is 2. The molecule has 10 heteroatoms. The maximum Gasteiger partial charge on any atom is 0.387 e. The van der Waals surface area contributed by atoms with E-state index in [1.165, 1.54) is 17.0 Å². The highest BCUT2D eigenvalue weighted by Gasteiger charge is 2.35. The molecule has 3 N–H and O–H groups in total. The minimum atomic E-state index is -3.07. The summed E-state index contributed by atoms with van der Waals surface area (Å²) in [4.78, 5) is 28.2. The van der Waals surface area contributed by atoms with Crippen molar-refractivity contribution >= 4 is 23.2 Å². The Labute approximate surface area is 167 Å². The quantitative estimate of drug-likeness (QED) is 0.637. The Morgan fingerprint density at radius 3 is 2.79 bits per heavy atom. The van der Waals surface area contributed by atoms with Crippen molar-refractivity contribution in [2.45, 2.75) is 38.5 Å². The molecule has 2 aliphatic rings. The molecule has 0 radical (unpaired) electrons. The lowest BCUT2D eigenvalue weighted by atomic mass is 10.2. The van der Waals surface area contributed by atoms with Crippen LogP contribution in [0.3, 0.4) is 0 Å². The monoisotopic (exact) mass is 412 g/mol. The fourth-order valence-electron chi connectivity index (χ4n) is 3.54. The van der Waals surface area contributed by atoms with Gasteiger partial charge in [0, 0.05) is 30.9 Å². The van der Waals surface area contributed by atoms with Crippen LogP contribution in [0.4, 0.5) is 20.2 Å². The Hall–Kier alpha value is -2.30. The van der Waals surface area contributed by atoms with Gasteiger partial charge >= 0.3 is 6.61 Å². The second kappa shape index (κ2) is 9.47. The Morgan fingerprint density at radius 1 is 1.45 bits per heavy atom. The van der Waals surface area contributed by atoms with Crippen LogP contribution in [0.15, 0.2) is 18.2 Å². The molecule has 3 rings (SSSR count). The third-order valence-electron chi connectivity index (χ3n) is 5.03. The number of nitrogens with two attached hydrogens (primary N) is 1. The smallest absolute Gasteiger partial charge is 0.387 e. The zero-order valence-electron chi connectivity index (χ0n) is 16.3. The fraction of sp³-hybridized carbons (Fsp3) is 0.579. The lowest BCUT2D eigenvalue weighted by Crippen LogP contribution is -2.49. The summed E-state index contributed by atoms with van der Waals surface area (Å²) in [5, 5.41) is 2.73. The van der Waals surface area contributed by atoms with Gasteiger partial charge in [-0.1, -0.05) is 6.92 Å². The number of hydrogen-bond acceptors (Lipinski definition) is 6. The highest BCUT2D eigenvalue weighted by Crippen LogP contribution is 2.34. The average molecular weight is 412 g/mol. The second-order valence-corrected chi connectivity index (χ2v) is 6.96. The van der Waals surface area contributed by atoms with E-state index in [0.717, 1.165) is 12.8 Å². The molecule has 1 aliphatic heterocycles. The van der Waals surface area contributed by atoms with Crippen molar-refractivity contribution in [2.24, 2.45) is 5.73 Å². The molecular weight excluding hydrogens is 386 g/mol. The molecule has 0 aromatic heterocycles. The summed E-state index contributed by atoms with van der Waals surface area (Å²) in [6.07, 6.45) is 2.07. The molecule has 2 fully saturated rings. The normalized spacial score (nSPS) is 18.3. The predicted octanol–water partition coefficient (Wildman–Crippen LogP) is 1.40. The van der Waals surface area contributed by atoms with Gasteiger partial charge in [-0.05, 0) is 31.5 Å². The van der Waals surface area contributed by atoms with Gasteiger partial charge < -0.3 is 25.4 Å².